The molecule has 3 nitrogen and oxygen atoms in total. The molecule has 0 amide bonds. The number of aryl methyl sites for hydroxylation is 2. The summed E-state index contributed by atoms with van der Waals surface area (Å²) in [7, 11) is 0. The molecule has 2 aromatic heterocycles. The summed E-state index contributed by atoms with van der Waals surface area (Å²) in [5, 5.41) is 3.04. The molecular formula is C16H15NO2S2. The maximum atomic E-state index is 11.7. The number of rotatable bonds is 4. The van der Waals surface area contributed by atoms with Crippen LogP contribution in [0.3, 0.4) is 0 Å². The summed E-state index contributed by atoms with van der Waals surface area (Å²) in [4.78, 5) is 16.2. The molecule has 0 unspecified atom stereocenters. The van der Waals surface area contributed by atoms with Crippen molar-refractivity contribution in [1.29, 1.82) is 0 Å². The van der Waals surface area contributed by atoms with Crippen LogP contribution >= 0.6 is 23.1 Å². The summed E-state index contributed by atoms with van der Waals surface area (Å²) >= 11 is 3.29. The molecule has 0 aliphatic carbocycles. The molecule has 0 aliphatic rings. The number of hydrogen-bond donors (Lipinski definition) is 0. The summed E-state index contributed by atoms with van der Waals surface area (Å²) in [5.74, 6) is 0.723. The monoisotopic (exact) mass is 317 g/mol. The second kappa shape index (κ2) is 6.03. The van der Waals surface area contributed by atoms with Crippen LogP contribution in [0.2, 0.25) is 0 Å². The summed E-state index contributed by atoms with van der Waals surface area (Å²) in [6.45, 7) is 4.07. The van der Waals surface area contributed by atoms with Gasteiger partial charge in [0.25, 0.3) is 0 Å². The van der Waals surface area contributed by atoms with Gasteiger partial charge >= 0.3 is 5.63 Å². The molecule has 3 rings (SSSR count). The van der Waals surface area contributed by atoms with Gasteiger partial charge in [0.1, 0.15) is 9.92 Å². The second-order valence-electron chi connectivity index (χ2n) is 4.82. The van der Waals surface area contributed by atoms with E-state index in [0.717, 1.165) is 33.2 Å². The average molecular weight is 317 g/mol. The van der Waals surface area contributed by atoms with E-state index in [2.05, 4.69) is 18.0 Å². The fourth-order valence-electron chi connectivity index (χ4n) is 2.15. The van der Waals surface area contributed by atoms with E-state index in [0.29, 0.717) is 5.58 Å². The lowest BCUT2D eigenvalue weighted by atomic mass is 10.1. The first kappa shape index (κ1) is 14.4. The molecule has 2 heterocycles. The quantitative estimate of drug-likeness (QED) is 0.528. The number of thiazole rings is 1. The second-order valence-corrected chi connectivity index (χ2v) is 6.90. The number of aromatic nitrogens is 1. The molecule has 3 aromatic rings. The highest BCUT2D eigenvalue weighted by atomic mass is 32.2. The van der Waals surface area contributed by atoms with E-state index in [1.54, 1.807) is 29.2 Å². The average Bonchev–Trinajstić information content (AvgIpc) is 2.89. The fraction of sp³-hybridized carbons (Fsp3) is 0.250. The van der Waals surface area contributed by atoms with Crippen molar-refractivity contribution in [2.24, 2.45) is 0 Å². The van der Waals surface area contributed by atoms with E-state index in [1.807, 2.05) is 24.4 Å². The van der Waals surface area contributed by atoms with Crippen LogP contribution in [-0.4, -0.2) is 4.98 Å². The largest absolute Gasteiger partial charge is 0.423 e. The first-order valence-electron chi connectivity index (χ1n) is 6.76. The van der Waals surface area contributed by atoms with Gasteiger partial charge in [0, 0.05) is 28.3 Å². The predicted molar refractivity (Wildman–Crippen MR) is 88.3 cm³/mol. The van der Waals surface area contributed by atoms with Crippen molar-refractivity contribution >= 4 is 34.1 Å². The van der Waals surface area contributed by atoms with Crippen molar-refractivity contribution < 1.29 is 4.42 Å². The lowest BCUT2D eigenvalue weighted by Crippen LogP contribution is -2.00. The Morgan fingerprint density at radius 1 is 1.33 bits per heavy atom. The molecule has 0 atom stereocenters. The van der Waals surface area contributed by atoms with Crippen molar-refractivity contribution in [3.63, 3.8) is 0 Å². The van der Waals surface area contributed by atoms with Crippen molar-refractivity contribution in [3.05, 3.63) is 56.9 Å². The summed E-state index contributed by atoms with van der Waals surface area (Å²) < 4.78 is 6.35. The molecule has 0 saturated carbocycles. The van der Waals surface area contributed by atoms with Crippen LogP contribution in [0.4, 0.5) is 0 Å². The van der Waals surface area contributed by atoms with E-state index in [9.17, 15) is 4.79 Å². The molecule has 21 heavy (non-hydrogen) atoms. The molecule has 5 heteroatoms. The number of thioether (sulfide) groups is 1. The zero-order valence-electron chi connectivity index (χ0n) is 11.9. The van der Waals surface area contributed by atoms with Crippen molar-refractivity contribution in [1.82, 2.24) is 4.98 Å². The van der Waals surface area contributed by atoms with Crippen molar-refractivity contribution in [3.8, 4) is 0 Å². The first-order chi connectivity index (χ1) is 10.2. The third-order valence-corrected chi connectivity index (χ3v) is 5.44. The van der Waals surface area contributed by atoms with E-state index in [1.165, 1.54) is 5.56 Å². The van der Waals surface area contributed by atoms with E-state index in [-0.39, 0.29) is 5.63 Å². The number of fused-ring (bicyclic) bond motifs is 1. The molecule has 0 saturated heterocycles. The van der Waals surface area contributed by atoms with Gasteiger partial charge in [0.05, 0.1) is 0 Å². The smallest absolute Gasteiger partial charge is 0.336 e. The normalized spacial score (nSPS) is 11.1. The molecule has 108 valence electrons. The third kappa shape index (κ3) is 3.19. The van der Waals surface area contributed by atoms with Crippen LogP contribution in [0.5, 0.6) is 0 Å². The Labute approximate surface area is 131 Å². The first-order valence-corrected chi connectivity index (χ1v) is 8.63. The highest BCUT2D eigenvalue weighted by Crippen LogP contribution is 2.29. The van der Waals surface area contributed by atoms with Gasteiger partial charge in [-0.2, -0.15) is 0 Å². The Morgan fingerprint density at radius 2 is 2.19 bits per heavy atom. The minimum atomic E-state index is -0.290. The third-order valence-electron chi connectivity index (χ3n) is 3.25. The zero-order chi connectivity index (χ0) is 14.8. The SMILES string of the molecule is CCc1ccc2c(CSc3nc(C)cs3)cc(=O)oc2c1. The Hall–Kier alpha value is -1.59. The Balaban J connectivity index is 1.95. The molecule has 0 N–H and O–H groups in total. The topological polar surface area (TPSA) is 43.1 Å². The van der Waals surface area contributed by atoms with Gasteiger partial charge in [-0.15, -0.1) is 11.3 Å². The maximum Gasteiger partial charge on any atom is 0.336 e. The lowest BCUT2D eigenvalue weighted by Gasteiger charge is -2.05. The van der Waals surface area contributed by atoms with Crippen LogP contribution in [0.15, 0.2) is 43.2 Å². The highest BCUT2D eigenvalue weighted by molar-refractivity contribution is 8.00. The van der Waals surface area contributed by atoms with Gasteiger partial charge in [-0.05, 0) is 30.5 Å². The Morgan fingerprint density at radius 3 is 2.90 bits per heavy atom. The van der Waals surface area contributed by atoms with E-state index < -0.39 is 0 Å². The van der Waals surface area contributed by atoms with Gasteiger partial charge < -0.3 is 4.42 Å². The van der Waals surface area contributed by atoms with Crippen molar-refractivity contribution in [2.45, 2.75) is 30.4 Å². The fourth-order valence-corrected chi connectivity index (χ4v) is 3.99. The highest BCUT2D eigenvalue weighted by Gasteiger charge is 2.08. The minimum absolute atomic E-state index is 0.290. The molecule has 0 bridgehead atoms. The summed E-state index contributed by atoms with van der Waals surface area (Å²) in [6, 6.07) is 7.67. The predicted octanol–water partition coefficient (Wildman–Crippen LogP) is 4.41. The Bertz CT molecular complexity index is 836. The van der Waals surface area contributed by atoms with Crippen LogP contribution < -0.4 is 5.63 Å². The lowest BCUT2D eigenvalue weighted by molar-refractivity contribution is 0.559. The molecule has 0 fully saturated rings. The van der Waals surface area contributed by atoms with Crippen LogP contribution in [0.1, 0.15) is 23.7 Å². The molecule has 0 radical (unpaired) electrons. The van der Waals surface area contributed by atoms with Crippen LogP contribution in [0, 0.1) is 6.92 Å². The van der Waals surface area contributed by atoms with Crippen LogP contribution in [0.25, 0.3) is 11.0 Å². The van der Waals surface area contributed by atoms with E-state index in [4.69, 9.17) is 4.42 Å². The molecular weight excluding hydrogens is 302 g/mol. The zero-order valence-corrected chi connectivity index (χ0v) is 13.5. The molecule has 1 aromatic carbocycles. The Kier molecular flexibility index (Phi) is 4.12. The summed E-state index contributed by atoms with van der Waals surface area (Å²) in [6.07, 6.45) is 0.928. The standard InChI is InChI=1S/C16H15NO2S2/c1-3-11-4-5-13-12(7-15(18)19-14(13)6-11)9-21-16-17-10(2)8-20-16/h4-8H,3,9H2,1-2H3. The van der Waals surface area contributed by atoms with Gasteiger partial charge in [-0.25, -0.2) is 9.78 Å². The van der Waals surface area contributed by atoms with Gasteiger partial charge in [-0.1, -0.05) is 30.8 Å². The van der Waals surface area contributed by atoms with Gasteiger partial charge in [0.2, 0.25) is 0 Å². The number of hydrogen-bond acceptors (Lipinski definition) is 5. The van der Waals surface area contributed by atoms with Gasteiger partial charge in [0.15, 0.2) is 0 Å². The van der Waals surface area contributed by atoms with E-state index >= 15 is 0 Å². The summed E-state index contributed by atoms with van der Waals surface area (Å²) in [5.41, 5.74) is 3.59. The number of benzene rings is 1. The minimum Gasteiger partial charge on any atom is -0.423 e. The maximum absolute atomic E-state index is 11.7. The van der Waals surface area contributed by atoms with Gasteiger partial charge in [-0.3, -0.25) is 0 Å². The van der Waals surface area contributed by atoms with Crippen LogP contribution in [-0.2, 0) is 12.2 Å². The molecule has 0 spiro atoms. The number of nitrogens with zero attached hydrogens (tertiary/aromatic N) is 1. The molecule has 0 aliphatic heterocycles. The van der Waals surface area contributed by atoms with Crippen molar-refractivity contribution in [2.75, 3.05) is 0 Å².